The van der Waals surface area contributed by atoms with Crippen LogP contribution in [0.15, 0.2) is 29.4 Å². The Morgan fingerprint density at radius 2 is 1.81 bits per heavy atom. The van der Waals surface area contributed by atoms with E-state index >= 15 is 0 Å². The maximum absolute atomic E-state index is 13.3. The number of halogens is 1. The van der Waals surface area contributed by atoms with Gasteiger partial charge in [-0.3, -0.25) is 14.4 Å². The van der Waals surface area contributed by atoms with Gasteiger partial charge in [-0.2, -0.15) is 0 Å². The van der Waals surface area contributed by atoms with Gasteiger partial charge in [0.15, 0.2) is 5.17 Å². The van der Waals surface area contributed by atoms with Crippen LogP contribution in [0.4, 0.5) is 4.39 Å². The largest absolute Gasteiger partial charge is 0.381 e. The van der Waals surface area contributed by atoms with Gasteiger partial charge < -0.3 is 15.0 Å². The lowest BCUT2D eigenvalue weighted by Crippen LogP contribution is -2.53. The fraction of sp³-hybridized carbons (Fsp3) is 0.615. The van der Waals surface area contributed by atoms with E-state index in [4.69, 9.17) is 4.74 Å². The van der Waals surface area contributed by atoms with Crippen LogP contribution in [-0.4, -0.2) is 58.7 Å². The van der Waals surface area contributed by atoms with Crippen molar-refractivity contribution in [3.8, 4) is 0 Å². The first-order valence-electron chi connectivity index (χ1n) is 12.9. The number of thioether (sulfide) groups is 1. The molecule has 0 radical (unpaired) electrons. The summed E-state index contributed by atoms with van der Waals surface area (Å²) in [4.78, 5) is 41.1. The molecule has 0 aromatic heterocycles. The Labute approximate surface area is 215 Å². The molecular formula is C26H35FN4O4S. The molecule has 8 nitrogen and oxygen atoms in total. The second kappa shape index (κ2) is 12.7. The van der Waals surface area contributed by atoms with Crippen LogP contribution in [0.25, 0.3) is 0 Å². The predicted octanol–water partition coefficient (Wildman–Crippen LogP) is 3.21. The molecule has 1 aromatic carbocycles. The molecule has 0 spiro atoms. The van der Waals surface area contributed by atoms with Gasteiger partial charge in [0, 0.05) is 37.5 Å². The summed E-state index contributed by atoms with van der Waals surface area (Å²) < 4.78 is 18.7. The van der Waals surface area contributed by atoms with Crippen LogP contribution in [0.2, 0.25) is 0 Å². The first-order valence-corrected chi connectivity index (χ1v) is 13.8. The number of nitrogens with one attached hydrogen (secondary N) is 2. The summed E-state index contributed by atoms with van der Waals surface area (Å²) in [5.41, 5.74) is 3.36. The average Bonchev–Trinajstić information content (AvgIpc) is 3.26. The third-order valence-corrected chi connectivity index (χ3v) is 8.50. The number of benzene rings is 1. The SMILES string of the molecule is C[C@H]1CS/C(=N\NC(=O)C(=O)[C@@H](NC(=O)C2CCCCC2)C2CCOCC2)N1Cc1ccc(F)cc1. The molecule has 2 N–H and O–H groups in total. The van der Waals surface area contributed by atoms with Crippen LogP contribution in [0.3, 0.4) is 0 Å². The topological polar surface area (TPSA) is 100 Å². The van der Waals surface area contributed by atoms with Gasteiger partial charge in [-0.05, 0) is 56.2 Å². The van der Waals surface area contributed by atoms with Crippen molar-refractivity contribution in [1.29, 1.82) is 0 Å². The summed E-state index contributed by atoms with van der Waals surface area (Å²) in [5, 5.41) is 7.78. The molecule has 0 bridgehead atoms. The van der Waals surface area contributed by atoms with E-state index in [0.29, 0.717) is 37.8 Å². The molecule has 1 saturated carbocycles. The summed E-state index contributed by atoms with van der Waals surface area (Å²) in [5.74, 6) is -1.39. The van der Waals surface area contributed by atoms with E-state index in [2.05, 4.69) is 15.8 Å². The van der Waals surface area contributed by atoms with E-state index in [1.54, 1.807) is 12.1 Å². The summed E-state index contributed by atoms with van der Waals surface area (Å²) >= 11 is 1.49. The molecule has 2 heterocycles. The number of hydrogen-bond acceptors (Lipinski definition) is 6. The zero-order valence-corrected chi connectivity index (χ0v) is 21.5. The van der Waals surface area contributed by atoms with Crippen molar-refractivity contribution < 1.29 is 23.5 Å². The van der Waals surface area contributed by atoms with Crippen molar-refractivity contribution in [3.05, 3.63) is 35.6 Å². The van der Waals surface area contributed by atoms with Crippen molar-refractivity contribution in [3.63, 3.8) is 0 Å². The van der Waals surface area contributed by atoms with Gasteiger partial charge in [0.1, 0.15) is 11.9 Å². The van der Waals surface area contributed by atoms with Crippen molar-refractivity contribution in [2.24, 2.45) is 16.9 Å². The molecule has 10 heteroatoms. The summed E-state index contributed by atoms with van der Waals surface area (Å²) in [6.45, 7) is 3.57. The van der Waals surface area contributed by atoms with E-state index in [9.17, 15) is 18.8 Å². The van der Waals surface area contributed by atoms with Crippen molar-refractivity contribution >= 4 is 34.5 Å². The van der Waals surface area contributed by atoms with Crippen LogP contribution in [0.5, 0.6) is 0 Å². The highest BCUT2D eigenvalue weighted by Crippen LogP contribution is 2.27. The van der Waals surface area contributed by atoms with Crippen LogP contribution < -0.4 is 10.7 Å². The zero-order valence-electron chi connectivity index (χ0n) is 20.7. The van der Waals surface area contributed by atoms with Gasteiger partial charge in [0.05, 0.1) is 0 Å². The number of amidine groups is 1. The Bertz CT molecular complexity index is 961. The molecule has 2 atom stereocenters. The van der Waals surface area contributed by atoms with Crippen LogP contribution in [-0.2, 0) is 25.7 Å². The van der Waals surface area contributed by atoms with Crippen LogP contribution in [0, 0.1) is 17.7 Å². The minimum absolute atomic E-state index is 0.103. The number of nitrogens with zero attached hydrogens (tertiary/aromatic N) is 2. The third kappa shape index (κ3) is 6.85. The Kier molecular flexibility index (Phi) is 9.36. The summed E-state index contributed by atoms with van der Waals surface area (Å²) in [6, 6.07) is 5.55. The molecule has 36 heavy (non-hydrogen) atoms. The van der Waals surface area contributed by atoms with E-state index in [0.717, 1.165) is 43.4 Å². The molecular weight excluding hydrogens is 483 g/mol. The fourth-order valence-corrected chi connectivity index (χ4v) is 6.13. The second-order valence-corrected chi connectivity index (χ2v) is 10.9. The van der Waals surface area contributed by atoms with Crippen molar-refractivity contribution in [2.45, 2.75) is 70.5 Å². The van der Waals surface area contributed by atoms with Gasteiger partial charge in [0.2, 0.25) is 11.7 Å². The van der Waals surface area contributed by atoms with Crippen LogP contribution >= 0.6 is 11.8 Å². The van der Waals surface area contributed by atoms with E-state index < -0.39 is 17.7 Å². The number of hydrogen-bond donors (Lipinski definition) is 2. The highest BCUT2D eigenvalue weighted by molar-refractivity contribution is 8.14. The number of carbonyl (C=O) groups excluding carboxylic acids is 3. The molecule has 2 aliphatic heterocycles. The fourth-order valence-electron chi connectivity index (χ4n) is 5.04. The number of ether oxygens (including phenoxy) is 1. The minimum Gasteiger partial charge on any atom is -0.381 e. The first-order chi connectivity index (χ1) is 17.4. The highest BCUT2D eigenvalue weighted by Gasteiger charge is 2.37. The smallest absolute Gasteiger partial charge is 0.309 e. The maximum atomic E-state index is 13.3. The standard InChI is InChI=1S/C26H35FN4O4S/c1-17-16-36-26(31(17)15-18-7-9-21(27)10-8-18)30-29-25(34)23(32)22(19-11-13-35-14-12-19)28-24(33)20-5-3-2-4-6-20/h7-10,17,19-20,22H,2-6,11-16H2,1H3,(H,28,33)(H,29,34)/b30-26-/t17-,22-/m0/s1. The molecule has 2 amide bonds. The Hall–Kier alpha value is -2.46. The predicted molar refractivity (Wildman–Crippen MR) is 136 cm³/mol. The lowest BCUT2D eigenvalue weighted by molar-refractivity contribution is -0.142. The molecule has 1 aliphatic carbocycles. The van der Waals surface area contributed by atoms with Gasteiger partial charge in [-0.15, -0.1) is 5.10 Å². The van der Waals surface area contributed by atoms with E-state index in [1.165, 1.54) is 23.9 Å². The summed E-state index contributed by atoms with van der Waals surface area (Å²) in [7, 11) is 0. The number of Topliss-reactive ketones (excluding diaryl/α,β-unsaturated/α-hetero) is 1. The molecule has 0 unspecified atom stereocenters. The lowest BCUT2D eigenvalue weighted by Gasteiger charge is -2.31. The Balaban J connectivity index is 1.41. The van der Waals surface area contributed by atoms with Gasteiger partial charge in [0.25, 0.3) is 0 Å². The first kappa shape index (κ1) is 26.6. The van der Waals surface area contributed by atoms with Crippen molar-refractivity contribution in [1.82, 2.24) is 15.6 Å². The Morgan fingerprint density at radius 1 is 1.11 bits per heavy atom. The monoisotopic (exact) mass is 518 g/mol. The zero-order chi connectivity index (χ0) is 25.5. The Morgan fingerprint density at radius 3 is 2.50 bits per heavy atom. The maximum Gasteiger partial charge on any atom is 0.309 e. The number of hydrazone groups is 1. The average molecular weight is 519 g/mol. The number of rotatable bonds is 8. The number of amides is 2. The molecule has 1 aromatic rings. The molecule has 196 valence electrons. The molecule has 2 saturated heterocycles. The summed E-state index contributed by atoms with van der Waals surface area (Å²) in [6.07, 6.45) is 6.01. The normalized spacial score (nSPS) is 23.4. The quantitative estimate of drug-likeness (QED) is 0.405. The van der Waals surface area contributed by atoms with Gasteiger partial charge in [-0.1, -0.05) is 43.2 Å². The van der Waals surface area contributed by atoms with E-state index in [-0.39, 0.29) is 29.6 Å². The third-order valence-electron chi connectivity index (χ3n) is 7.27. The second-order valence-electron chi connectivity index (χ2n) is 9.88. The molecule has 3 aliphatic rings. The van der Waals surface area contributed by atoms with Gasteiger partial charge >= 0.3 is 5.91 Å². The highest BCUT2D eigenvalue weighted by atomic mass is 32.2. The number of ketones is 1. The van der Waals surface area contributed by atoms with Crippen LogP contribution in [0.1, 0.15) is 57.4 Å². The lowest BCUT2D eigenvalue weighted by atomic mass is 9.85. The molecule has 3 fully saturated rings. The van der Waals surface area contributed by atoms with Crippen molar-refractivity contribution in [2.75, 3.05) is 19.0 Å². The van der Waals surface area contributed by atoms with E-state index in [1.807, 2.05) is 11.8 Å². The van der Waals surface area contributed by atoms with Gasteiger partial charge in [-0.25, -0.2) is 9.82 Å². The minimum atomic E-state index is -0.881. The molecule has 4 rings (SSSR count). The number of carbonyl (C=O) groups is 3.